The molecule has 20 heavy (non-hydrogen) atoms. The van der Waals surface area contributed by atoms with Gasteiger partial charge in [0.25, 0.3) is 0 Å². The van der Waals surface area contributed by atoms with Gasteiger partial charge >= 0.3 is 0 Å². The summed E-state index contributed by atoms with van der Waals surface area (Å²) >= 11 is 1.98. The van der Waals surface area contributed by atoms with Crippen molar-refractivity contribution in [3.8, 4) is 0 Å². The maximum atomic E-state index is 3.55. The first-order valence-corrected chi connectivity index (χ1v) is 8.15. The predicted molar refractivity (Wildman–Crippen MR) is 87.6 cm³/mol. The molecule has 1 N–H and O–H groups in total. The molecule has 1 nitrogen and oxygen atoms in total. The van der Waals surface area contributed by atoms with E-state index in [0.717, 1.165) is 5.75 Å². The summed E-state index contributed by atoms with van der Waals surface area (Å²) in [7, 11) is 2.08. The van der Waals surface area contributed by atoms with Gasteiger partial charge in [-0.2, -0.15) is 0 Å². The fourth-order valence-corrected chi connectivity index (χ4v) is 4.50. The van der Waals surface area contributed by atoms with Gasteiger partial charge in [0.2, 0.25) is 0 Å². The van der Waals surface area contributed by atoms with Crippen LogP contribution in [0.5, 0.6) is 0 Å². The summed E-state index contributed by atoms with van der Waals surface area (Å²) in [6.45, 7) is 4.38. The lowest BCUT2D eigenvalue weighted by Gasteiger charge is -2.26. The van der Waals surface area contributed by atoms with E-state index in [9.17, 15) is 0 Å². The maximum Gasteiger partial charge on any atom is 0.0398 e. The Labute approximate surface area is 125 Å². The highest BCUT2D eigenvalue weighted by Crippen LogP contribution is 2.45. The molecule has 2 unspecified atom stereocenters. The number of thioether (sulfide) groups is 1. The maximum absolute atomic E-state index is 3.55. The number of hydrogen-bond donors (Lipinski definition) is 1. The van der Waals surface area contributed by atoms with E-state index < -0.39 is 0 Å². The monoisotopic (exact) mass is 283 g/mol. The number of fused-ring (bicyclic) bond motifs is 1. The van der Waals surface area contributed by atoms with Crippen molar-refractivity contribution < 1.29 is 0 Å². The molecule has 2 atom stereocenters. The molecular weight excluding hydrogens is 262 g/mol. The van der Waals surface area contributed by atoms with Crippen LogP contribution in [0.2, 0.25) is 0 Å². The van der Waals surface area contributed by atoms with Gasteiger partial charge in [0.1, 0.15) is 0 Å². The molecule has 2 heteroatoms. The number of hydrogen-bond acceptors (Lipinski definition) is 2. The summed E-state index contributed by atoms with van der Waals surface area (Å²) < 4.78 is 0. The summed E-state index contributed by atoms with van der Waals surface area (Å²) in [5, 5.41) is 3.55. The first-order chi connectivity index (χ1) is 9.70. The average molecular weight is 283 g/mol. The van der Waals surface area contributed by atoms with Crippen molar-refractivity contribution >= 4 is 11.8 Å². The van der Waals surface area contributed by atoms with Gasteiger partial charge in [0, 0.05) is 22.6 Å². The number of benzene rings is 2. The van der Waals surface area contributed by atoms with Gasteiger partial charge in [-0.3, -0.25) is 0 Å². The minimum absolute atomic E-state index is 0.395. The van der Waals surface area contributed by atoms with Crippen LogP contribution in [0.3, 0.4) is 0 Å². The number of rotatable bonds is 3. The van der Waals surface area contributed by atoms with Crippen molar-refractivity contribution in [3.63, 3.8) is 0 Å². The van der Waals surface area contributed by atoms with Crippen molar-refractivity contribution in [3.05, 3.63) is 64.7 Å². The third-order valence-corrected chi connectivity index (χ3v) is 5.42. The summed E-state index contributed by atoms with van der Waals surface area (Å²) in [4.78, 5) is 1.45. The molecule has 1 aliphatic heterocycles. The van der Waals surface area contributed by atoms with Crippen LogP contribution in [0.1, 0.15) is 34.2 Å². The van der Waals surface area contributed by atoms with Crippen molar-refractivity contribution in [1.82, 2.24) is 5.32 Å². The Bertz CT molecular complexity index is 621. The van der Waals surface area contributed by atoms with Crippen LogP contribution in [0.15, 0.2) is 47.4 Å². The standard InChI is InChI=1S/C18H21NS/c1-12-8-9-14(13(2)10-12)18(19-3)16-11-20-17-7-5-4-6-15(16)17/h4-10,16,18-19H,11H2,1-3H3. The molecule has 0 spiro atoms. The molecule has 2 aromatic rings. The quantitative estimate of drug-likeness (QED) is 0.893. The minimum Gasteiger partial charge on any atom is -0.312 e. The topological polar surface area (TPSA) is 12.0 Å². The predicted octanol–water partition coefficient (Wildman–Crippen LogP) is 4.45. The highest BCUT2D eigenvalue weighted by atomic mass is 32.2. The van der Waals surface area contributed by atoms with E-state index in [0.29, 0.717) is 12.0 Å². The Morgan fingerprint density at radius 3 is 2.70 bits per heavy atom. The van der Waals surface area contributed by atoms with Gasteiger partial charge < -0.3 is 5.32 Å². The normalized spacial score (nSPS) is 18.9. The van der Waals surface area contributed by atoms with Crippen molar-refractivity contribution in [2.45, 2.75) is 30.7 Å². The third kappa shape index (κ3) is 2.38. The zero-order valence-corrected chi connectivity index (χ0v) is 13.1. The first kappa shape index (κ1) is 13.7. The van der Waals surface area contributed by atoms with Crippen LogP contribution in [0.25, 0.3) is 0 Å². The Balaban J connectivity index is 1.99. The molecule has 0 bridgehead atoms. The van der Waals surface area contributed by atoms with Crippen LogP contribution >= 0.6 is 11.8 Å². The molecule has 0 amide bonds. The van der Waals surface area contributed by atoms with Gasteiger partial charge in [-0.25, -0.2) is 0 Å². The molecule has 0 saturated carbocycles. The van der Waals surface area contributed by atoms with Crippen molar-refractivity contribution in [2.24, 2.45) is 0 Å². The van der Waals surface area contributed by atoms with E-state index in [4.69, 9.17) is 0 Å². The van der Waals surface area contributed by atoms with E-state index >= 15 is 0 Å². The number of likely N-dealkylation sites (N-methyl/N-ethyl adjacent to an activating group) is 1. The van der Waals surface area contributed by atoms with E-state index in [1.54, 1.807) is 0 Å². The van der Waals surface area contributed by atoms with Gasteiger partial charge in [0.15, 0.2) is 0 Å². The molecule has 2 aromatic carbocycles. The fourth-order valence-electron chi connectivity index (χ4n) is 3.21. The van der Waals surface area contributed by atoms with Crippen LogP contribution in [0.4, 0.5) is 0 Å². The van der Waals surface area contributed by atoms with Gasteiger partial charge in [-0.1, -0.05) is 42.0 Å². The van der Waals surface area contributed by atoms with Crippen LogP contribution < -0.4 is 5.32 Å². The van der Waals surface area contributed by atoms with Crippen molar-refractivity contribution in [1.29, 1.82) is 0 Å². The van der Waals surface area contributed by atoms with E-state index in [1.165, 1.54) is 27.1 Å². The first-order valence-electron chi connectivity index (χ1n) is 7.17. The summed E-state index contributed by atoms with van der Waals surface area (Å²) in [6, 6.07) is 16.0. The number of aryl methyl sites for hydroxylation is 2. The molecule has 0 aliphatic carbocycles. The summed E-state index contributed by atoms with van der Waals surface area (Å²) in [6.07, 6.45) is 0. The van der Waals surface area contributed by atoms with Gasteiger partial charge in [-0.15, -0.1) is 11.8 Å². The second kappa shape index (κ2) is 5.63. The fraction of sp³-hybridized carbons (Fsp3) is 0.333. The Morgan fingerprint density at radius 2 is 1.95 bits per heavy atom. The third-order valence-electron chi connectivity index (χ3n) is 4.21. The van der Waals surface area contributed by atoms with Gasteiger partial charge in [-0.05, 0) is 43.7 Å². The van der Waals surface area contributed by atoms with Crippen LogP contribution in [0, 0.1) is 13.8 Å². The molecular formula is C18H21NS. The molecule has 3 rings (SSSR count). The molecule has 0 aromatic heterocycles. The van der Waals surface area contributed by atoms with Crippen LogP contribution in [-0.4, -0.2) is 12.8 Å². The average Bonchev–Trinajstić information content (AvgIpc) is 2.86. The van der Waals surface area contributed by atoms with Crippen molar-refractivity contribution in [2.75, 3.05) is 12.8 Å². The molecule has 104 valence electrons. The molecule has 0 saturated heterocycles. The lowest BCUT2D eigenvalue weighted by molar-refractivity contribution is 0.512. The number of nitrogens with one attached hydrogen (secondary N) is 1. The van der Waals surface area contributed by atoms with E-state index in [2.05, 4.69) is 68.7 Å². The summed E-state index contributed by atoms with van der Waals surface area (Å²) in [5.74, 6) is 1.72. The molecule has 0 radical (unpaired) electrons. The Kier molecular flexibility index (Phi) is 3.86. The Hall–Kier alpha value is -1.25. The SMILES string of the molecule is CNC(c1ccc(C)cc1C)C1CSc2ccccc21. The minimum atomic E-state index is 0.395. The lowest BCUT2D eigenvalue weighted by atomic mass is 9.86. The lowest BCUT2D eigenvalue weighted by Crippen LogP contribution is -2.24. The van der Waals surface area contributed by atoms with E-state index in [1.807, 2.05) is 11.8 Å². The Morgan fingerprint density at radius 1 is 1.15 bits per heavy atom. The van der Waals surface area contributed by atoms with E-state index in [-0.39, 0.29) is 0 Å². The van der Waals surface area contributed by atoms with Gasteiger partial charge in [0.05, 0.1) is 0 Å². The molecule has 0 fully saturated rings. The molecule has 1 heterocycles. The second-order valence-corrected chi connectivity index (χ2v) is 6.64. The second-order valence-electron chi connectivity index (χ2n) is 5.58. The molecule has 1 aliphatic rings. The smallest absolute Gasteiger partial charge is 0.0398 e. The largest absolute Gasteiger partial charge is 0.312 e. The zero-order chi connectivity index (χ0) is 14.1. The highest BCUT2D eigenvalue weighted by Gasteiger charge is 2.30. The zero-order valence-electron chi connectivity index (χ0n) is 12.3. The highest BCUT2D eigenvalue weighted by molar-refractivity contribution is 7.99. The van der Waals surface area contributed by atoms with Crippen LogP contribution in [-0.2, 0) is 0 Å². The summed E-state index contributed by atoms with van der Waals surface area (Å²) in [5.41, 5.74) is 5.65.